The summed E-state index contributed by atoms with van der Waals surface area (Å²) in [6.07, 6.45) is 9.78. The Bertz CT molecular complexity index is 510. The van der Waals surface area contributed by atoms with Crippen molar-refractivity contribution in [3.8, 4) is 0 Å². The number of carbonyl (C=O) groups is 1. The van der Waals surface area contributed by atoms with E-state index in [9.17, 15) is 4.79 Å². The second kappa shape index (κ2) is 5.11. The van der Waals surface area contributed by atoms with Crippen LogP contribution in [0.1, 0.15) is 60.3 Å². The third-order valence-corrected chi connectivity index (χ3v) is 6.83. The van der Waals surface area contributed by atoms with Gasteiger partial charge in [-0.15, -0.1) is 0 Å². The summed E-state index contributed by atoms with van der Waals surface area (Å²) in [5, 5.41) is 0. The Morgan fingerprint density at radius 1 is 1.38 bits per heavy atom. The zero-order valence-electron chi connectivity index (χ0n) is 14.3. The lowest BCUT2D eigenvalue weighted by Gasteiger charge is -2.40. The molecule has 0 spiro atoms. The molecule has 3 aliphatic carbocycles. The van der Waals surface area contributed by atoms with Crippen molar-refractivity contribution in [3.05, 3.63) is 23.3 Å². The molecule has 0 saturated heterocycles. The van der Waals surface area contributed by atoms with Gasteiger partial charge in [-0.1, -0.05) is 38.5 Å². The van der Waals surface area contributed by atoms with E-state index in [0.29, 0.717) is 29.0 Å². The van der Waals surface area contributed by atoms with Crippen LogP contribution in [-0.2, 0) is 4.79 Å². The van der Waals surface area contributed by atoms with E-state index < -0.39 is 0 Å². The van der Waals surface area contributed by atoms with Crippen molar-refractivity contribution in [2.24, 2.45) is 35.0 Å². The van der Waals surface area contributed by atoms with Crippen LogP contribution < -0.4 is 0 Å². The number of allylic oxidation sites excluding steroid dienone is 4. The summed E-state index contributed by atoms with van der Waals surface area (Å²) < 4.78 is 0. The molecule has 0 radical (unpaired) electrons. The Balaban J connectivity index is 1.99. The molecule has 1 heteroatoms. The Hall–Kier alpha value is -0.850. The SMILES string of the molecule is CC(=O)C1=CC[C@H]2C1CC(C)=C[C@H]1[C@H](C(C)C)CC[C@]21C. The van der Waals surface area contributed by atoms with Crippen LogP contribution in [0.3, 0.4) is 0 Å². The molecule has 3 rings (SSSR count). The zero-order chi connectivity index (χ0) is 15.4. The monoisotopic (exact) mass is 286 g/mol. The van der Waals surface area contributed by atoms with Crippen LogP contribution >= 0.6 is 0 Å². The molecule has 0 N–H and O–H groups in total. The van der Waals surface area contributed by atoms with Gasteiger partial charge in [0.25, 0.3) is 0 Å². The molecule has 116 valence electrons. The molecule has 21 heavy (non-hydrogen) atoms. The minimum absolute atomic E-state index is 0.302. The lowest BCUT2D eigenvalue weighted by molar-refractivity contribution is -0.114. The summed E-state index contributed by atoms with van der Waals surface area (Å²) in [6.45, 7) is 11.3. The average molecular weight is 286 g/mol. The van der Waals surface area contributed by atoms with E-state index in [1.54, 1.807) is 6.92 Å². The topological polar surface area (TPSA) is 17.1 Å². The number of hydrogen-bond donors (Lipinski definition) is 0. The number of Topliss-reactive ketones (excluding diaryl/α,β-unsaturated/α-hetero) is 1. The largest absolute Gasteiger partial charge is 0.295 e. The van der Waals surface area contributed by atoms with Gasteiger partial charge in [0.15, 0.2) is 5.78 Å². The van der Waals surface area contributed by atoms with E-state index in [1.807, 2.05) is 0 Å². The predicted octanol–water partition coefficient (Wildman–Crippen LogP) is 5.18. The van der Waals surface area contributed by atoms with Crippen LogP contribution in [0.5, 0.6) is 0 Å². The first-order valence-corrected chi connectivity index (χ1v) is 8.73. The fourth-order valence-electron chi connectivity index (χ4n) is 5.70. The van der Waals surface area contributed by atoms with Gasteiger partial charge in [0.1, 0.15) is 0 Å². The smallest absolute Gasteiger partial charge is 0.155 e. The second-order valence-electron chi connectivity index (χ2n) is 8.36. The van der Waals surface area contributed by atoms with Gasteiger partial charge in [-0.05, 0) is 80.1 Å². The number of fused-ring (bicyclic) bond motifs is 3. The molecule has 0 aromatic carbocycles. The Morgan fingerprint density at radius 2 is 2.10 bits per heavy atom. The van der Waals surface area contributed by atoms with Gasteiger partial charge < -0.3 is 0 Å². The van der Waals surface area contributed by atoms with E-state index >= 15 is 0 Å². The van der Waals surface area contributed by atoms with Gasteiger partial charge in [0, 0.05) is 0 Å². The lowest BCUT2D eigenvalue weighted by Crippen LogP contribution is -2.35. The first-order valence-electron chi connectivity index (χ1n) is 8.73. The molecule has 1 fully saturated rings. The van der Waals surface area contributed by atoms with Gasteiger partial charge in [0.05, 0.1) is 0 Å². The van der Waals surface area contributed by atoms with Crippen LogP contribution in [0.2, 0.25) is 0 Å². The third-order valence-electron chi connectivity index (χ3n) is 6.83. The Labute approximate surface area is 129 Å². The molecule has 1 saturated carbocycles. The van der Waals surface area contributed by atoms with Crippen LogP contribution in [0.15, 0.2) is 23.3 Å². The quantitative estimate of drug-likeness (QED) is 0.639. The van der Waals surface area contributed by atoms with Crippen LogP contribution in [0.4, 0.5) is 0 Å². The molecular formula is C20H30O. The summed E-state index contributed by atoms with van der Waals surface area (Å²) in [5.74, 6) is 3.77. The van der Waals surface area contributed by atoms with Crippen LogP contribution in [0.25, 0.3) is 0 Å². The zero-order valence-corrected chi connectivity index (χ0v) is 14.3. The van der Waals surface area contributed by atoms with Crippen molar-refractivity contribution in [3.63, 3.8) is 0 Å². The fraction of sp³-hybridized carbons (Fsp3) is 0.750. The van der Waals surface area contributed by atoms with Crippen molar-refractivity contribution in [2.45, 2.75) is 60.3 Å². The fourth-order valence-corrected chi connectivity index (χ4v) is 5.70. The summed E-state index contributed by atoms with van der Waals surface area (Å²) in [7, 11) is 0. The highest BCUT2D eigenvalue weighted by molar-refractivity contribution is 5.94. The van der Waals surface area contributed by atoms with Gasteiger partial charge in [-0.3, -0.25) is 4.79 Å². The molecule has 0 aromatic rings. The summed E-state index contributed by atoms with van der Waals surface area (Å²) in [5.41, 5.74) is 3.04. The van der Waals surface area contributed by atoms with Crippen molar-refractivity contribution in [1.82, 2.24) is 0 Å². The molecule has 3 aliphatic rings. The maximum Gasteiger partial charge on any atom is 0.155 e. The Kier molecular flexibility index (Phi) is 3.66. The molecule has 0 amide bonds. The standard InChI is InChI=1S/C20H30O/c1-12(2)15-8-9-20(5)18-7-6-16(14(4)21)17(18)10-13(3)11-19(15)20/h6,11-12,15,17-19H,7-10H2,1-5H3/t15-,17?,18-,19-,20+/m0/s1. The molecule has 0 bridgehead atoms. The first kappa shape index (κ1) is 15.1. The van der Waals surface area contributed by atoms with Crippen molar-refractivity contribution >= 4 is 5.78 Å². The van der Waals surface area contributed by atoms with Crippen molar-refractivity contribution in [2.75, 3.05) is 0 Å². The molecule has 1 nitrogen and oxygen atoms in total. The van der Waals surface area contributed by atoms with Gasteiger partial charge in [-0.2, -0.15) is 0 Å². The molecule has 0 aliphatic heterocycles. The number of hydrogen-bond acceptors (Lipinski definition) is 1. The highest BCUT2D eigenvalue weighted by Crippen LogP contribution is 2.61. The normalized spacial score (nSPS) is 42.2. The summed E-state index contributed by atoms with van der Waals surface area (Å²) >= 11 is 0. The van der Waals surface area contributed by atoms with E-state index in [2.05, 4.69) is 39.8 Å². The summed E-state index contributed by atoms with van der Waals surface area (Å²) in [4.78, 5) is 12.0. The average Bonchev–Trinajstić information content (AvgIpc) is 2.91. The molecule has 0 heterocycles. The molecule has 5 atom stereocenters. The van der Waals surface area contributed by atoms with E-state index in [-0.39, 0.29) is 0 Å². The van der Waals surface area contributed by atoms with E-state index in [1.165, 1.54) is 18.4 Å². The van der Waals surface area contributed by atoms with Crippen LogP contribution in [-0.4, -0.2) is 5.78 Å². The highest BCUT2D eigenvalue weighted by Gasteiger charge is 2.54. The number of ketones is 1. The van der Waals surface area contributed by atoms with E-state index in [0.717, 1.165) is 30.3 Å². The third kappa shape index (κ3) is 2.24. The number of carbonyl (C=O) groups excluding carboxylic acids is 1. The van der Waals surface area contributed by atoms with E-state index in [4.69, 9.17) is 0 Å². The maximum atomic E-state index is 12.0. The first-order chi connectivity index (χ1) is 9.84. The molecule has 0 aromatic heterocycles. The van der Waals surface area contributed by atoms with Crippen LogP contribution in [0, 0.1) is 35.0 Å². The minimum atomic E-state index is 0.302. The van der Waals surface area contributed by atoms with Gasteiger partial charge in [-0.25, -0.2) is 0 Å². The highest BCUT2D eigenvalue weighted by atomic mass is 16.1. The van der Waals surface area contributed by atoms with Gasteiger partial charge in [0.2, 0.25) is 0 Å². The van der Waals surface area contributed by atoms with Crippen molar-refractivity contribution < 1.29 is 4.79 Å². The Morgan fingerprint density at radius 3 is 2.71 bits per heavy atom. The lowest BCUT2D eigenvalue weighted by atomic mass is 9.64. The van der Waals surface area contributed by atoms with Crippen molar-refractivity contribution in [1.29, 1.82) is 0 Å². The number of rotatable bonds is 2. The molecule has 1 unspecified atom stereocenters. The maximum absolute atomic E-state index is 12.0. The molecular weight excluding hydrogens is 256 g/mol. The predicted molar refractivity (Wildman–Crippen MR) is 87.9 cm³/mol. The van der Waals surface area contributed by atoms with Gasteiger partial charge >= 0.3 is 0 Å². The minimum Gasteiger partial charge on any atom is -0.295 e. The summed E-state index contributed by atoms with van der Waals surface area (Å²) in [6, 6.07) is 0. The second-order valence-corrected chi connectivity index (χ2v) is 8.36.